The summed E-state index contributed by atoms with van der Waals surface area (Å²) >= 11 is 0. The van der Waals surface area contributed by atoms with Gasteiger partial charge in [-0.25, -0.2) is 4.79 Å². The molecule has 0 aromatic heterocycles. The molecule has 0 unspecified atom stereocenters. The highest BCUT2D eigenvalue weighted by Gasteiger charge is 2.24. The average molecular weight is 417 g/mol. The summed E-state index contributed by atoms with van der Waals surface area (Å²) in [7, 11) is 0. The average Bonchev–Trinajstić information content (AvgIpc) is 2.83. The number of carbonyl (C=O) groups is 2. The molecule has 0 aliphatic carbocycles. The molecular weight excluding hydrogens is 394 g/mol. The van der Waals surface area contributed by atoms with Crippen LogP contribution in [-0.4, -0.2) is 31.2 Å². The SMILES string of the molecule is C[C@H](OC(=O)c1ccc2c(c1)OCCO2)C(=O)NC(c1ccccc1)c1ccccc1. The smallest absolute Gasteiger partial charge is 0.339 e. The number of benzene rings is 3. The van der Waals surface area contributed by atoms with Crippen molar-refractivity contribution in [2.24, 2.45) is 0 Å². The lowest BCUT2D eigenvalue weighted by atomic mass is 9.98. The van der Waals surface area contributed by atoms with Crippen molar-refractivity contribution < 1.29 is 23.8 Å². The molecule has 1 amide bonds. The van der Waals surface area contributed by atoms with E-state index in [1.807, 2.05) is 60.7 Å². The molecule has 4 rings (SSSR count). The van der Waals surface area contributed by atoms with Crippen LogP contribution in [0.3, 0.4) is 0 Å². The van der Waals surface area contributed by atoms with Crippen LogP contribution < -0.4 is 14.8 Å². The summed E-state index contributed by atoms with van der Waals surface area (Å²) in [5.74, 6) is 0.0902. The van der Waals surface area contributed by atoms with Gasteiger partial charge in [-0.3, -0.25) is 4.79 Å². The van der Waals surface area contributed by atoms with Gasteiger partial charge in [0.1, 0.15) is 13.2 Å². The molecule has 1 aliphatic rings. The highest BCUT2D eigenvalue weighted by molar-refractivity contribution is 5.93. The van der Waals surface area contributed by atoms with E-state index in [4.69, 9.17) is 14.2 Å². The third kappa shape index (κ3) is 4.86. The first kappa shape index (κ1) is 20.5. The second-order valence-corrected chi connectivity index (χ2v) is 7.17. The number of ether oxygens (including phenoxy) is 3. The van der Waals surface area contributed by atoms with Crippen molar-refractivity contribution in [3.63, 3.8) is 0 Å². The van der Waals surface area contributed by atoms with Crippen LogP contribution >= 0.6 is 0 Å². The molecule has 0 bridgehead atoms. The van der Waals surface area contributed by atoms with Crippen LogP contribution in [0, 0.1) is 0 Å². The van der Waals surface area contributed by atoms with Crippen molar-refractivity contribution in [3.8, 4) is 11.5 Å². The topological polar surface area (TPSA) is 73.9 Å². The van der Waals surface area contributed by atoms with Crippen molar-refractivity contribution in [2.45, 2.75) is 19.1 Å². The van der Waals surface area contributed by atoms with Gasteiger partial charge in [-0.05, 0) is 36.2 Å². The summed E-state index contributed by atoms with van der Waals surface area (Å²) in [5, 5.41) is 3.00. The number of esters is 1. The highest BCUT2D eigenvalue weighted by atomic mass is 16.6. The van der Waals surface area contributed by atoms with Gasteiger partial charge in [-0.15, -0.1) is 0 Å². The van der Waals surface area contributed by atoms with Crippen LogP contribution in [0.5, 0.6) is 11.5 Å². The summed E-state index contributed by atoms with van der Waals surface area (Å²) in [6, 6.07) is 23.8. The van der Waals surface area contributed by atoms with E-state index >= 15 is 0 Å². The Balaban J connectivity index is 1.46. The molecule has 31 heavy (non-hydrogen) atoms. The van der Waals surface area contributed by atoms with Gasteiger partial charge in [0.25, 0.3) is 5.91 Å². The van der Waals surface area contributed by atoms with Crippen LogP contribution in [0.15, 0.2) is 78.9 Å². The zero-order valence-electron chi connectivity index (χ0n) is 17.1. The van der Waals surface area contributed by atoms with E-state index in [0.29, 0.717) is 30.3 Å². The van der Waals surface area contributed by atoms with E-state index in [2.05, 4.69) is 5.32 Å². The Morgan fingerprint density at radius 1 is 0.839 bits per heavy atom. The van der Waals surface area contributed by atoms with Gasteiger partial charge in [0.15, 0.2) is 17.6 Å². The van der Waals surface area contributed by atoms with E-state index in [9.17, 15) is 9.59 Å². The number of rotatable bonds is 6. The van der Waals surface area contributed by atoms with Gasteiger partial charge in [0.2, 0.25) is 0 Å². The summed E-state index contributed by atoms with van der Waals surface area (Å²) in [4.78, 5) is 25.4. The normalized spacial score (nSPS) is 13.4. The molecule has 0 saturated carbocycles. The number of nitrogens with one attached hydrogen (secondary N) is 1. The van der Waals surface area contributed by atoms with E-state index in [1.165, 1.54) is 0 Å². The van der Waals surface area contributed by atoms with Crippen LogP contribution in [-0.2, 0) is 9.53 Å². The summed E-state index contributed by atoms with van der Waals surface area (Å²) in [5.41, 5.74) is 2.17. The van der Waals surface area contributed by atoms with Crippen molar-refractivity contribution in [1.82, 2.24) is 5.32 Å². The van der Waals surface area contributed by atoms with Gasteiger partial charge in [0, 0.05) is 0 Å². The monoisotopic (exact) mass is 417 g/mol. The summed E-state index contributed by atoms with van der Waals surface area (Å²) < 4.78 is 16.4. The van der Waals surface area contributed by atoms with Crippen molar-refractivity contribution in [1.29, 1.82) is 0 Å². The largest absolute Gasteiger partial charge is 0.486 e. The predicted molar refractivity (Wildman–Crippen MR) is 115 cm³/mol. The van der Waals surface area contributed by atoms with Gasteiger partial charge in [-0.2, -0.15) is 0 Å². The van der Waals surface area contributed by atoms with Crippen LogP contribution in [0.2, 0.25) is 0 Å². The lowest BCUT2D eigenvalue weighted by Gasteiger charge is -2.22. The molecule has 3 aromatic carbocycles. The molecule has 6 nitrogen and oxygen atoms in total. The summed E-state index contributed by atoms with van der Waals surface area (Å²) in [6.07, 6.45) is -0.976. The minimum atomic E-state index is -0.976. The minimum absolute atomic E-state index is 0.298. The third-order valence-electron chi connectivity index (χ3n) is 4.98. The molecular formula is C25H23NO5. The van der Waals surface area contributed by atoms with E-state index in [0.717, 1.165) is 11.1 Å². The Bertz CT molecular complexity index is 1010. The maximum Gasteiger partial charge on any atom is 0.339 e. The van der Waals surface area contributed by atoms with E-state index in [-0.39, 0.29) is 11.9 Å². The van der Waals surface area contributed by atoms with Gasteiger partial charge >= 0.3 is 5.97 Å². The molecule has 0 fully saturated rings. The Morgan fingerprint density at radius 3 is 2.03 bits per heavy atom. The molecule has 0 radical (unpaired) electrons. The van der Waals surface area contributed by atoms with Crippen LogP contribution in [0.1, 0.15) is 34.5 Å². The molecule has 0 spiro atoms. The van der Waals surface area contributed by atoms with E-state index < -0.39 is 12.1 Å². The first-order valence-corrected chi connectivity index (χ1v) is 10.1. The molecule has 158 valence electrons. The lowest BCUT2D eigenvalue weighted by Crippen LogP contribution is -2.38. The number of amides is 1. The van der Waals surface area contributed by atoms with Crippen molar-refractivity contribution in [2.75, 3.05) is 13.2 Å². The minimum Gasteiger partial charge on any atom is -0.486 e. The number of hydrogen-bond acceptors (Lipinski definition) is 5. The first-order chi connectivity index (χ1) is 15.1. The molecule has 3 aromatic rings. The standard InChI is InChI=1S/C25H23NO5/c1-17(31-25(28)20-12-13-21-22(16-20)30-15-14-29-21)24(27)26-23(18-8-4-2-5-9-18)19-10-6-3-7-11-19/h2-13,16-17,23H,14-15H2,1H3,(H,26,27)/t17-/m0/s1. The fraction of sp³-hybridized carbons (Fsp3) is 0.200. The fourth-order valence-corrected chi connectivity index (χ4v) is 3.36. The Morgan fingerprint density at radius 2 is 1.42 bits per heavy atom. The van der Waals surface area contributed by atoms with E-state index in [1.54, 1.807) is 25.1 Å². The number of hydrogen-bond donors (Lipinski definition) is 1. The van der Waals surface area contributed by atoms with Gasteiger partial charge < -0.3 is 19.5 Å². The van der Waals surface area contributed by atoms with Gasteiger partial charge in [-0.1, -0.05) is 60.7 Å². The fourth-order valence-electron chi connectivity index (χ4n) is 3.36. The molecule has 0 saturated heterocycles. The predicted octanol–water partition coefficient (Wildman–Crippen LogP) is 3.91. The second kappa shape index (κ2) is 9.34. The lowest BCUT2D eigenvalue weighted by molar-refractivity contribution is -0.129. The molecule has 1 N–H and O–H groups in total. The zero-order chi connectivity index (χ0) is 21.6. The molecule has 1 heterocycles. The molecule has 1 aliphatic heterocycles. The van der Waals surface area contributed by atoms with Crippen LogP contribution in [0.4, 0.5) is 0 Å². The number of carbonyl (C=O) groups excluding carboxylic acids is 2. The Labute approximate surface area is 180 Å². The maximum absolute atomic E-state index is 12.9. The first-order valence-electron chi connectivity index (χ1n) is 10.1. The Kier molecular flexibility index (Phi) is 6.17. The molecule has 6 heteroatoms. The van der Waals surface area contributed by atoms with Crippen molar-refractivity contribution in [3.05, 3.63) is 95.6 Å². The summed E-state index contributed by atoms with van der Waals surface area (Å²) in [6.45, 7) is 2.45. The zero-order valence-corrected chi connectivity index (χ0v) is 17.1. The van der Waals surface area contributed by atoms with Crippen molar-refractivity contribution >= 4 is 11.9 Å². The quantitative estimate of drug-likeness (QED) is 0.616. The second-order valence-electron chi connectivity index (χ2n) is 7.17. The van der Waals surface area contributed by atoms with Gasteiger partial charge in [0.05, 0.1) is 11.6 Å². The third-order valence-corrected chi connectivity index (χ3v) is 4.98. The number of fused-ring (bicyclic) bond motifs is 1. The van der Waals surface area contributed by atoms with Crippen LogP contribution in [0.25, 0.3) is 0 Å². The highest BCUT2D eigenvalue weighted by Crippen LogP contribution is 2.31. The Hall–Kier alpha value is -3.80. The maximum atomic E-state index is 12.9. The molecule has 1 atom stereocenters.